The first-order valence-corrected chi connectivity index (χ1v) is 5.42. The van der Waals surface area contributed by atoms with E-state index >= 15 is 0 Å². The number of aromatic nitrogens is 1. The summed E-state index contributed by atoms with van der Waals surface area (Å²) in [6.45, 7) is 1.60. The lowest BCUT2D eigenvalue weighted by molar-refractivity contribution is 0.150. The molecule has 0 atom stereocenters. The highest BCUT2D eigenvalue weighted by molar-refractivity contribution is 9.08. The zero-order chi connectivity index (χ0) is 11.4. The second-order valence-corrected chi connectivity index (χ2v) is 3.59. The van der Waals surface area contributed by atoms with Crippen LogP contribution in [0.1, 0.15) is 28.8 Å². The molecule has 0 unspecified atom stereocenters. The Kier molecular flexibility index (Phi) is 4.15. The van der Waals surface area contributed by atoms with E-state index in [0.717, 1.165) is 0 Å². The average Bonchev–Trinajstić information content (AvgIpc) is 2.20. The van der Waals surface area contributed by atoms with E-state index in [1.807, 2.05) is 6.07 Å². The van der Waals surface area contributed by atoms with Crippen LogP contribution in [0.2, 0.25) is 0 Å². The van der Waals surface area contributed by atoms with Gasteiger partial charge in [0.05, 0.1) is 18.2 Å². The maximum absolute atomic E-state index is 12.5. The van der Waals surface area contributed by atoms with Crippen LogP contribution in [0.5, 0.6) is 0 Å². The largest absolute Gasteiger partial charge is 0.265 e. The third kappa shape index (κ3) is 2.51. The highest BCUT2D eigenvalue weighted by atomic mass is 79.9. The molecule has 15 heavy (non-hydrogen) atoms. The predicted octanol–water partition coefficient (Wildman–Crippen LogP) is 3.29. The van der Waals surface area contributed by atoms with Gasteiger partial charge in [-0.3, -0.25) is 4.98 Å². The number of pyridine rings is 1. The van der Waals surface area contributed by atoms with Crippen molar-refractivity contribution in [3.05, 3.63) is 28.6 Å². The Hall–Kier alpha value is -1.02. The first-order chi connectivity index (χ1) is 7.11. The Labute approximate surface area is 95.1 Å². The number of nitrogens with zero attached hydrogens (tertiary/aromatic N) is 2. The first-order valence-electron chi connectivity index (χ1n) is 4.30. The number of hydrogen-bond donors (Lipinski definition) is 0. The number of nitriles is 1. The number of halogens is 3. The van der Waals surface area contributed by atoms with E-state index in [1.54, 1.807) is 6.92 Å². The fourth-order valence-electron chi connectivity index (χ4n) is 1.36. The molecule has 0 amide bonds. The molecule has 1 aromatic rings. The Morgan fingerprint density at radius 2 is 2.27 bits per heavy atom. The number of hydrogen-bond acceptors (Lipinski definition) is 2. The summed E-state index contributed by atoms with van der Waals surface area (Å²) in [6, 6.07) is 1.96. The second kappa shape index (κ2) is 5.17. The van der Waals surface area contributed by atoms with Gasteiger partial charge in [-0.05, 0) is 18.1 Å². The van der Waals surface area contributed by atoms with Gasteiger partial charge in [0.1, 0.15) is 0 Å². The lowest BCUT2D eigenvalue weighted by atomic mass is 10.0. The van der Waals surface area contributed by atoms with Gasteiger partial charge < -0.3 is 0 Å². The van der Waals surface area contributed by atoms with Crippen molar-refractivity contribution >= 4 is 15.9 Å². The van der Waals surface area contributed by atoms with Gasteiger partial charge in [-0.1, -0.05) is 15.9 Å². The van der Waals surface area contributed by atoms with Crippen LogP contribution in [-0.2, 0) is 11.8 Å². The molecule has 80 valence electrons. The maximum Gasteiger partial charge on any atom is 0.265 e. The minimum absolute atomic E-state index is 0.0926. The van der Waals surface area contributed by atoms with Crippen LogP contribution in [0.25, 0.3) is 0 Å². The number of rotatable bonds is 3. The van der Waals surface area contributed by atoms with Gasteiger partial charge in [0.2, 0.25) is 0 Å². The molecule has 0 aliphatic carbocycles. The van der Waals surface area contributed by atoms with Gasteiger partial charge in [0.15, 0.2) is 0 Å². The topological polar surface area (TPSA) is 36.7 Å². The molecular formula is C10H9BrF2N2. The van der Waals surface area contributed by atoms with E-state index in [9.17, 15) is 8.78 Å². The standard InChI is InChI=1S/C10H9BrF2N2/c1-6-7(2-3-14)9(4-11)15-5-8(6)10(12)13/h5,10H,2,4H2,1H3. The lowest BCUT2D eigenvalue weighted by Gasteiger charge is -2.11. The third-order valence-corrected chi connectivity index (χ3v) is 2.74. The van der Waals surface area contributed by atoms with Crippen molar-refractivity contribution in [2.75, 3.05) is 0 Å². The first kappa shape index (κ1) is 12.1. The van der Waals surface area contributed by atoms with Gasteiger partial charge in [0, 0.05) is 17.1 Å². The monoisotopic (exact) mass is 274 g/mol. The minimum atomic E-state index is -2.54. The lowest BCUT2D eigenvalue weighted by Crippen LogP contribution is -2.03. The summed E-state index contributed by atoms with van der Waals surface area (Å²) in [5.41, 5.74) is 1.63. The van der Waals surface area contributed by atoms with Crippen molar-refractivity contribution in [3.63, 3.8) is 0 Å². The zero-order valence-corrected chi connectivity index (χ0v) is 9.68. The van der Waals surface area contributed by atoms with Crippen LogP contribution >= 0.6 is 15.9 Å². The molecule has 0 N–H and O–H groups in total. The summed E-state index contributed by atoms with van der Waals surface area (Å²) in [6.07, 6.45) is -1.25. The van der Waals surface area contributed by atoms with Gasteiger partial charge >= 0.3 is 0 Å². The van der Waals surface area contributed by atoms with Crippen LogP contribution < -0.4 is 0 Å². The fraction of sp³-hybridized carbons (Fsp3) is 0.400. The summed E-state index contributed by atoms with van der Waals surface area (Å²) < 4.78 is 25.1. The molecule has 0 aliphatic heterocycles. The second-order valence-electron chi connectivity index (χ2n) is 3.03. The van der Waals surface area contributed by atoms with E-state index in [1.165, 1.54) is 6.20 Å². The average molecular weight is 275 g/mol. The predicted molar refractivity (Wildman–Crippen MR) is 55.9 cm³/mol. The van der Waals surface area contributed by atoms with E-state index < -0.39 is 6.43 Å². The Balaban J connectivity index is 3.30. The molecule has 0 spiro atoms. The maximum atomic E-state index is 12.5. The molecule has 0 saturated carbocycles. The number of alkyl halides is 3. The van der Waals surface area contributed by atoms with Crippen LogP contribution in [0.4, 0.5) is 8.78 Å². The minimum Gasteiger partial charge on any atom is -0.260 e. The van der Waals surface area contributed by atoms with Crippen molar-refractivity contribution in [3.8, 4) is 6.07 Å². The van der Waals surface area contributed by atoms with Gasteiger partial charge in [-0.15, -0.1) is 0 Å². The smallest absolute Gasteiger partial charge is 0.260 e. The van der Waals surface area contributed by atoms with E-state index in [4.69, 9.17) is 5.26 Å². The Morgan fingerprint density at radius 3 is 2.73 bits per heavy atom. The van der Waals surface area contributed by atoms with Crippen molar-refractivity contribution < 1.29 is 8.78 Å². The highest BCUT2D eigenvalue weighted by Crippen LogP contribution is 2.26. The Morgan fingerprint density at radius 1 is 1.60 bits per heavy atom. The summed E-state index contributed by atoms with van der Waals surface area (Å²) >= 11 is 3.21. The van der Waals surface area contributed by atoms with Gasteiger partial charge in [-0.2, -0.15) is 5.26 Å². The van der Waals surface area contributed by atoms with E-state index in [2.05, 4.69) is 20.9 Å². The molecule has 0 radical (unpaired) electrons. The van der Waals surface area contributed by atoms with Gasteiger partial charge in [0.25, 0.3) is 6.43 Å². The van der Waals surface area contributed by atoms with Crippen molar-refractivity contribution in [2.24, 2.45) is 0 Å². The molecule has 0 bridgehead atoms. The van der Waals surface area contributed by atoms with Crippen molar-refractivity contribution in [1.82, 2.24) is 4.98 Å². The van der Waals surface area contributed by atoms with E-state index in [0.29, 0.717) is 22.2 Å². The molecule has 0 fully saturated rings. The molecule has 5 heteroatoms. The summed E-state index contributed by atoms with van der Waals surface area (Å²) in [5, 5.41) is 9.08. The van der Waals surface area contributed by atoms with Crippen LogP contribution in [0.15, 0.2) is 6.20 Å². The Bertz CT molecular complexity index is 399. The third-order valence-electron chi connectivity index (χ3n) is 2.21. The molecular weight excluding hydrogens is 266 g/mol. The zero-order valence-electron chi connectivity index (χ0n) is 8.10. The molecule has 1 heterocycles. The van der Waals surface area contributed by atoms with Crippen molar-refractivity contribution in [2.45, 2.75) is 25.1 Å². The highest BCUT2D eigenvalue weighted by Gasteiger charge is 2.16. The fourth-order valence-corrected chi connectivity index (χ4v) is 1.84. The van der Waals surface area contributed by atoms with Crippen LogP contribution in [-0.4, -0.2) is 4.98 Å². The van der Waals surface area contributed by atoms with E-state index in [-0.39, 0.29) is 12.0 Å². The van der Waals surface area contributed by atoms with Crippen LogP contribution in [0, 0.1) is 18.3 Å². The summed E-state index contributed by atoms with van der Waals surface area (Å²) in [5.74, 6) is 0. The SMILES string of the molecule is Cc1c(C(F)F)cnc(CBr)c1CC#N. The normalized spacial score (nSPS) is 10.4. The van der Waals surface area contributed by atoms with Gasteiger partial charge in [-0.25, -0.2) is 8.78 Å². The molecule has 2 nitrogen and oxygen atoms in total. The summed E-state index contributed by atoms with van der Waals surface area (Å²) in [4.78, 5) is 3.92. The van der Waals surface area contributed by atoms with Crippen LogP contribution in [0.3, 0.4) is 0 Å². The summed E-state index contributed by atoms with van der Waals surface area (Å²) in [7, 11) is 0. The molecule has 1 aromatic heterocycles. The molecule has 1 rings (SSSR count). The molecule has 0 aliphatic rings. The quantitative estimate of drug-likeness (QED) is 0.794. The molecule has 0 saturated heterocycles. The molecule has 0 aromatic carbocycles. The van der Waals surface area contributed by atoms with Crippen molar-refractivity contribution in [1.29, 1.82) is 5.26 Å².